The highest BCUT2D eigenvalue weighted by Gasteiger charge is 2.36. The fourth-order valence-corrected chi connectivity index (χ4v) is 4.75. The molecule has 1 aliphatic heterocycles. The number of benzene rings is 2. The van der Waals surface area contributed by atoms with Gasteiger partial charge in [-0.1, -0.05) is 42.5 Å². The SMILES string of the molecule is O=C(NCc1ccco1)[C@H]1CN(S(=O)(=O)Cc2ccccc2)c2ccccc2O1. The second-order valence-corrected chi connectivity index (χ2v) is 8.54. The number of ether oxygens (including phenoxy) is 1. The first-order valence-electron chi connectivity index (χ1n) is 9.13. The number of fused-ring (bicyclic) bond motifs is 1. The Labute approximate surface area is 169 Å². The van der Waals surface area contributed by atoms with Gasteiger partial charge in [-0.15, -0.1) is 0 Å². The lowest BCUT2D eigenvalue weighted by atomic mass is 10.2. The van der Waals surface area contributed by atoms with Gasteiger partial charge in [0.05, 0.1) is 30.8 Å². The van der Waals surface area contributed by atoms with Crippen LogP contribution in [0.15, 0.2) is 77.4 Å². The van der Waals surface area contributed by atoms with Crippen LogP contribution in [0.4, 0.5) is 5.69 Å². The van der Waals surface area contributed by atoms with Gasteiger partial charge in [-0.2, -0.15) is 0 Å². The second kappa shape index (κ2) is 8.00. The summed E-state index contributed by atoms with van der Waals surface area (Å²) in [5, 5.41) is 2.73. The summed E-state index contributed by atoms with van der Waals surface area (Å²) in [7, 11) is -3.72. The maximum atomic E-state index is 13.2. The van der Waals surface area contributed by atoms with Crippen LogP contribution in [-0.2, 0) is 27.1 Å². The molecule has 2 heterocycles. The van der Waals surface area contributed by atoms with Gasteiger partial charge < -0.3 is 14.5 Å². The number of sulfonamides is 1. The third-order valence-electron chi connectivity index (χ3n) is 4.57. The van der Waals surface area contributed by atoms with Gasteiger partial charge in [-0.25, -0.2) is 8.42 Å². The van der Waals surface area contributed by atoms with E-state index in [1.54, 1.807) is 60.7 Å². The lowest BCUT2D eigenvalue weighted by Crippen LogP contribution is -2.50. The summed E-state index contributed by atoms with van der Waals surface area (Å²) in [6.07, 6.45) is 0.553. The van der Waals surface area contributed by atoms with E-state index in [2.05, 4.69) is 5.32 Å². The minimum absolute atomic E-state index is 0.101. The van der Waals surface area contributed by atoms with Crippen molar-refractivity contribution in [3.63, 3.8) is 0 Å². The van der Waals surface area contributed by atoms with Crippen LogP contribution in [0, 0.1) is 0 Å². The molecule has 1 atom stereocenters. The lowest BCUT2D eigenvalue weighted by molar-refractivity contribution is -0.128. The lowest BCUT2D eigenvalue weighted by Gasteiger charge is -2.34. The fourth-order valence-electron chi connectivity index (χ4n) is 3.17. The van der Waals surface area contributed by atoms with Crippen LogP contribution < -0.4 is 14.4 Å². The minimum Gasteiger partial charge on any atom is -0.476 e. The van der Waals surface area contributed by atoms with Crippen molar-refractivity contribution >= 4 is 21.6 Å². The van der Waals surface area contributed by atoms with Gasteiger partial charge in [0.15, 0.2) is 6.10 Å². The van der Waals surface area contributed by atoms with Gasteiger partial charge in [0, 0.05) is 0 Å². The number of carbonyl (C=O) groups is 1. The molecular weight excluding hydrogens is 392 g/mol. The van der Waals surface area contributed by atoms with Gasteiger partial charge in [-0.3, -0.25) is 9.10 Å². The summed E-state index contributed by atoms with van der Waals surface area (Å²) < 4.78 is 38.6. The van der Waals surface area contributed by atoms with Crippen LogP contribution in [0.5, 0.6) is 5.75 Å². The van der Waals surface area contributed by atoms with E-state index in [0.29, 0.717) is 22.8 Å². The van der Waals surface area contributed by atoms with Crippen LogP contribution >= 0.6 is 0 Å². The van der Waals surface area contributed by atoms with E-state index in [1.165, 1.54) is 10.6 Å². The van der Waals surface area contributed by atoms with E-state index in [1.807, 2.05) is 6.07 Å². The normalized spacial score (nSPS) is 16.0. The van der Waals surface area contributed by atoms with Crippen LogP contribution in [0.2, 0.25) is 0 Å². The zero-order valence-corrected chi connectivity index (χ0v) is 16.3. The molecule has 29 heavy (non-hydrogen) atoms. The zero-order valence-electron chi connectivity index (χ0n) is 15.5. The van der Waals surface area contributed by atoms with E-state index in [9.17, 15) is 13.2 Å². The Kier molecular flexibility index (Phi) is 5.26. The Morgan fingerprint density at radius 1 is 1.03 bits per heavy atom. The fraction of sp³-hybridized carbons (Fsp3) is 0.190. The average molecular weight is 412 g/mol. The predicted molar refractivity (Wildman–Crippen MR) is 108 cm³/mol. The molecule has 7 nitrogen and oxygen atoms in total. The Morgan fingerprint density at radius 2 is 1.79 bits per heavy atom. The number of nitrogens with zero attached hydrogens (tertiary/aromatic N) is 1. The predicted octanol–water partition coefficient (Wildman–Crippen LogP) is 2.69. The Hall–Kier alpha value is -3.26. The largest absolute Gasteiger partial charge is 0.476 e. The summed E-state index contributed by atoms with van der Waals surface area (Å²) in [6, 6.07) is 19.2. The molecule has 2 aromatic carbocycles. The Morgan fingerprint density at radius 3 is 2.55 bits per heavy atom. The first kappa shape index (κ1) is 19.1. The molecule has 3 aromatic rings. The maximum Gasteiger partial charge on any atom is 0.263 e. The van der Waals surface area contributed by atoms with Crippen molar-refractivity contribution in [2.24, 2.45) is 0 Å². The molecule has 0 spiro atoms. The molecule has 0 radical (unpaired) electrons. The number of para-hydroxylation sites is 2. The van der Waals surface area contributed by atoms with Crippen molar-refractivity contribution in [3.05, 3.63) is 84.3 Å². The number of hydrogen-bond donors (Lipinski definition) is 1. The van der Waals surface area contributed by atoms with Crippen molar-refractivity contribution in [1.29, 1.82) is 0 Å². The number of amides is 1. The third-order valence-corrected chi connectivity index (χ3v) is 6.29. The van der Waals surface area contributed by atoms with Crippen LogP contribution in [0.1, 0.15) is 11.3 Å². The van der Waals surface area contributed by atoms with E-state index in [4.69, 9.17) is 9.15 Å². The van der Waals surface area contributed by atoms with Gasteiger partial charge >= 0.3 is 0 Å². The summed E-state index contributed by atoms with van der Waals surface area (Å²) in [4.78, 5) is 12.6. The van der Waals surface area contributed by atoms with Crippen molar-refractivity contribution in [2.45, 2.75) is 18.4 Å². The average Bonchev–Trinajstić information content (AvgIpc) is 3.25. The van der Waals surface area contributed by atoms with E-state index in [-0.39, 0.29) is 18.8 Å². The highest BCUT2D eigenvalue weighted by molar-refractivity contribution is 7.92. The number of anilines is 1. The number of rotatable bonds is 6. The van der Waals surface area contributed by atoms with E-state index in [0.717, 1.165) is 0 Å². The van der Waals surface area contributed by atoms with Crippen LogP contribution in [-0.4, -0.2) is 27.0 Å². The number of furan rings is 1. The second-order valence-electron chi connectivity index (χ2n) is 6.64. The molecule has 0 bridgehead atoms. The molecule has 0 fully saturated rings. The van der Waals surface area contributed by atoms with Gasteiger partial charge in [0.2, 0.25) is 10.0 Å². The standard InChI is InChI=1S/C21H20N2O5S/c24-21(22-13-17-9-6-12-27-17)20-14-23(18-10-4-5-11-19(18)28-20)29(25,26)15-16-7-2-1-3-8-16/h1-12,20H,13-15H2,(H,22,24)/t20-/m1/s1. The van der Waals surface area contributed by atoms with Gasteiger partial charge in [-0.05, 0) is 29.8 Å². The molecular formula is C21H20N2O5S. The van der Waals surface area contributed by atoms with E-state index < -0.39 is 22.0 Å². The Balaban J connectivity index is 1.56. The highest BCUT2D eigenvalue weighted by atomic mass is 32.2. The Bertz CT molecular complexity index is 1080. The number of hydrogen-bond acceptors (Lipinski definition) is 5. The van der Waals surface area contributed by atoms with Crippen molar-refractivity contribution < 1.29 is 22.4 Å². The minimum atomic E-state index is -3.72. The van der Waals surface area contributed by atoms with E-state index >= 15 is 0 Å². The molecule has 1 amide bonds. The molecule has 1 aliphatic rings. The van der Waals surface area contributed by atoms with Gasteiger partial charge in [0.1, 0.15) is 11.5 Å². The molecule has 0 saturated carbocycles. The summed E-state index contributed by atoms with van der Waals surface area (Å²) in [5.74, 6) is 0.385. The first-order chi connectivity index (χ1) is 14.0. The molecule has 8 heteroatoms. The molecule has 1 aromatic heterocycles. The van der Waals surface area contributed by atoms with Crippen molar-refractivity contribution in [3.8, 4) is 5.75 Å². The maximum absolute atomic E-state index is 13.2. The third kappa shape index (κ3) is 4.27. The van der Waals surface area contributed by atoms with Crippen molar-refractivity contribution in [1.82, 2.24) is 5.32 Å². The molecule has 4 rings (SSSR count). The number of nitrogens with one attached hydrogen (secondary N) is 1. The molecule has 0 unspecified atom stereocenters. The smallest absolute Gasteiger partial charge is 0.263 e. The summed E-state index contributed by atoms with van der Waals surface area (Å²) >= 11 is 0. The molecule has 0 saturated heterocycles. The van der Waals surface area contributed by atoms with Gasteiger partial charge in [0.25, 0.3) is 5.91 Å². The van der Waals surface area contributed by atoms with Crippen LogP contribution in [0.3, 0.4) is 0 Å². The molecule has 0 aliphatic carbocycles. The monoisotopic (exact) mass is 412 g/mol. The highest BCUT2D eigenvalue weighted by Crippen LogP contribution is 2.35. The zero-order chi connectivity index (χ0) is 20.3. The summed E-state index contributed by atoms with van der Waals surface area (Å²) in [5.41, 5.74) is 1.11. The quantitative estimate of drug-likeness (QED) is 0.672. The van der Waals surface area contributed by atoms with Crippen molar-refractivity contribution in [2.75, 3.05) is 10.8 Å². The molecule has 150 valence electrons. The first-order valence-corrected chi connectivity index (χ1v) is 10.7. The number of carbonyl (C=O) groups excluding carboxylic acids is 1. The molecule has 1 N–H and O–H groups in total. The summed E-state index contributed by atoms with van der Waals surface area (Å²) in [6.45, 7) is 0.0975. The van der Waals surface area contributed by atoms with Crippen LogP contribution in [0.25, 0.3) is 0 Å². The topological polar surface area (TPSA) is 88.9 Å².